The second-order valence-electron chi connectivity index (χ2n) is 4.66. The van der Waals surface area contributed by atoms with Gasteiger partial charge in [-0.05, 0) is 17.0 Å². The maximum atomic E-state index is 11.7. The Morgan fingerprint density at radius 1 is 1.18 bits per heavy atom. The van der Waals surface area contributed by atoms with Gasteiger partial charge in [-0.15, -0.1) is 10.2 Å². The van der Waals surface area contributed by atoms with Gasteiger partial charge in [-0.3, -0.25) is 4.79 Å². The molecule has 0 aliphatic heterocycles. The van der Waals surface area contributed by atoms with Crippen molar-refractivity contribution < 1.29 is 13.9 Å². The lowest BCUT2D eigenvalue weighted by molar-refractivity contribution is -0.145. The number of esters is 1. The normalized spacial score (nSPS) is 10.5. The Morgan fingerprint density at radius 3 is 2.82 bits per heavy atom. The van der Waals surface area contributed by atoms with Crippen LogP contribution in [0.15, 0.2) is 51.6 Å². The van der Waals surface area contributed by atoms with Crippen LogP contribution in [0.2, 0.25) is 0 Å². The SMILES string of the molecule is O=C(CCc1nnc(-c2ccsc2)o1)OCc1ccccc1. The number of hydrogen-bond donors (Lipinski definition) is 0. The number of nitrogens with zero attached hydrogens (tertiary/aromatic N) is 2. The van der Waals surface area contributed by atoms with E-state index in [1.54, 1.807) is 11.3 Å². The van der Waals surface area contributed by atoms with Crippen LogP contribution in [-0.4, -0.2) is 16.2 Å². The molecule has 0 atom stereocenters. The Kier molecular flexibility index (Phi) is 4.60. The molecule has 2 heterocycles. The fourth-order valence-electron chi connectivity index (χ4n) is 1.88. The summed E-state index contributed by atoms with van der Waals surface area (Å²) in [5.41, 5.74) is 1.86. The molecule has 0 spiro atoms. The number of carbonyl (C=O) groups excluding carboxylic acids is 1. The third-order valence-electron chi connectivity index (χ3n) is 3.02. The molecular weight excluding hydrogens is 300 g/mol. The molecule has 3 aromatic rings. The van der Waals surface area contributed by atoms with E-state index >= 15 is 0 Å². The van der Waals surface area contributed by atoms with Crippen molar-refractivity contribution in [3.63, 3.8) is 0 Å². The fraction of sp³-hybridized carbons (Fsp3) is 0.188. The molecule has 22 heavy (non-hydrogen) atoms. The van der Waals surface area contributed by atoms with E-state index in [1.165, 1.54) is 0 Å². The van der Waals surface area contributed by atoms with Crippen molar-refractivity contribution in [3.8, 4) is 11.5 Å². The van der Waals surface area contributed by atoms with Crippen LogP contribution in [0.3, 0.4) is 0 Å². The van der Waals surface area contributed by atoms with E-state index in [-0.39, 0.29) is 19.0 Å². The van der Waals surface area contributed by atoms with E-state index in [0.717, 1.165) is 11.1 Å². The van der Waals surface area contributed by atoms with E-state index in [1.807, 2.05) is 47.2 Å². The van der Waals surface area contributed by atoms with Gasteiger partial charge in [0.25, 0.3) is 0 Å². The Hall–Kier alpha value is -2.47. The number of rotatable bonds is 6. The average molecular weight is 314 g/mol. The molecule has 0 saturated heterocycles. The summed E-state index contributed by atoms with van der Waals surface area (Å²) >= 11 is 1.56. The van der Waals surface area contributed by atoms with Crippen LogP contribution in [-0.2, 0) is 22.6 Å². The van der Waals surface area contributed by atoms with Gasteiger partial charge in [0.1, 0.15) is 6.61 Å². The van der Waals surface area contributed by atoms with Crippen LogP contribution in [0.1, 0.15) is 17.9 Å². The third-order valence-corrected chi connectivity index (χ3v) is 3.70. The van der Waals surface area contributed by atoms with Gasteiger partial charge in [-0.25, -0.2) is 0 Å². The summed E-state index contributed by atoms with van der Waals surface area (Å²) in [6.45, 7) is 0.281. The van der Waals surface area contributed by atoms with E-state index in [2.05, 4.69) is 10.2 Å². The van der Waals surface area contributed by atoms with Crippen molar-refractivity contribution in [2.45, 2.75) is 19.4 Å². The molecule has 1 aromatic carbocycles. The van der Waals surface area contributed by atoms with E-state index in [9.17, 15) is 4.79 Å². The zero-order valence-corrected chi connectivity index (χ0v) is 12.6. The lowest BCUT2D eigenvalue weighted by Crippen LogP contribution is -2.06. The van der Waals surface area contributed by atoms with Gasteiger partial charge in [0.15, 0.2) is 0 Å². The second-order valence-corrected chi connectivity index (χ2v) is 5.44. The summed E-state index contributed by atoms with van der Waals surface area (Å²) in [5, 5.41) is 11.8. The van der Waals surface area contributed by atoms with Crippen molar-refractivity contribution in [3.05, 3.63) is 58.6 Å². The number of hydrogen-bond acceptors (Lipinski definition) is 6. The molecule has 0 unspecified atom stereocenters. The number of carbonyl (C=O) groups is 1. The minimum atomic E-state index is -0.279. The Bertz CT molecular complexity index is 723. The van der Waals surface area contributed by atoms with Gasteiger partial charge in [-0.1, -0.05) is 30.3 Å². The molecule has 0 saturated carbocycles. The second kappa shape index (κ2) is 7.00. The number of aryl methyl sites for hydroxylation is 1. The first-order chi connectivity index (χ1) is 10.8. The van der Waals surface area contributed by atoms with Gasteiger partial charge in [-0.2, -0.15) is 11.3 Å². The molecule has 0 N–H and O–H groups in total. The minimum Gasteiger partial charge on any atom is -0.461 e. The summed E-state index contributed by atoms with van der Waals surface area (Å²) in [6, 6.07) is 11.5. The van der Waals surface area contributed by atoms with Crippen LogP contribution in [0.4, 0.5) is 0 Å². The van der Waals surface area contributed by atoms with Crippen LogP contribution >= 0.6 is 11.3 Å². The summed E-state index contributed by atoms with van der Waals surface area (Å²) < 4.78 is 10.7. The van der Waals surface area contributed by atoms with Crippen LogP contribution in [0.25, 0.3) is 11.5 Å². The molecule has 0 amide bonds. The number of thiophene rings is 1. The molecule has 0 fully saturated rings. The predicted octanol–water partition coefficient (Wildman–Crippen LogP) is 3.47. The van der Waals surface area contributed by atoms with Crippen molar-refractivity contribution in [1.29, 1.82) is 0 Å². The minimum absolute atomic E-state index is 0.220. The Balaban J connectivity index is 1.47. The van der Waals surface area contributed by atoms with E-state index < -0.39 is 0 Å². The summed E-state index contributed by atoms with van der Waals surface area (Å²) in [5.74, 6) is 0.644. The summed E-state index contributed by atoms with van der Waals surface area (Å²) in [7, 11) is 0. The molecule has 0 aliphatic carbocycles. The molecule has 3 rings (SSSR count). The van der Waals surface area contributed by atoms with Crippen molar-refractivity contribution in [2.24, 2.45) is 0 Å². The van der Waals surface area contributed by atoms with Gasteiger partial charge in [0.05, 0.1) is 6.42 Å². The number of ether oxygens (including phenoxy) is 1. The van der Waals surface area contributed by atoms with Gasteiger partial charge >= 0.3 is 5.97 Å². The Labute approximate surface area is 131 Å². The fourth-order valence-corrected chi connectivity index (χ4v) is 2.51. The van der Waals surface area contributed by atoms with Gasteiger partial charge in [0.2, 0.25) is 11.8 Å². The van der Waals surface area contributed by atoms with E-state index in [0.29, 0.717) is 18.2 Å². The van der Waals surface area contributed by atoms with Crippen LogP contribution in [0.5, 0.6) is 0 Å². The zero-order chi connectivity index (χ0) is 15.2. The highest BCUT2D eigenvalue weighted by molar-refractivity contribution is 7.08. The largest absolute Gasteiger partial charge is 0.461 e. The zero-order valence-electron chi connectivity index (χ0n) is 11.8. The van der Waals surface area contributed by atoms with Crippen molar-refractivity contribution in [1.82, 2.24) is 10.2 Å². The predicted molar refractivity (Wildman–Crippen MR) is 82.2 cm³/mol. The Morgan fingerprint density at radius 2 is 2.05 bits per heavy atom. The molecule has 2 aromatic heterocycles. The first-order valence-electron chi connectivity index (χ1n) is 6.86. The monoisotopic (exact) mass is 314 g/mol. The van der Waals surface area contributed by atoms with Crippen LogP contribution < -0.4 is 0 Å². The number of benzene rings is 1. The smallest absolute Gasteiger partial charge is 0.306 e. The first kappa shape index (κ1) is 14.5. The van der Waals surface area contributed by atoms with Crippen molar-refractivity contribution >= 4 is 17.3 Å². The number of aromatic nitrogens is 2. The lowest BCUT2D eigenvalue weighted by atomic mass is 10.2. The molecule has 0 aliphatic rings. The van der Waals surface area contributed by atoms with E-state index in [4.69, 9.17) is 9.15 Å². The van der Waals surface area contributed by atoms with Gasteiger partial charge < -0.3 is 9.15 Å². The quantitative estimate of drug-likeness (QED) is 0.652. The average Bonchev–Trinajstić information content (AvgIpc) is 3.22. The topological polar surface area (TPSA) is 65.2 Å². The van der Waals surface area contributed by atoms with Gasteiger partial charge in [0, 0.05) is 17.4 Å². The summed E-state index contributed by atoms with van der Waals surface area (Å²) in [4.78, 5) is 11.7. The highest BCUT2D eigenvalue weighted by Crippen LogP contribution is 2.20. The molecule has 0 radical (unpaired) electrons. The maximum Gasteiger partial charge on any atom is 0.306 e. The first-order valence-corrected chi connectivity index (χ1v) is 7.80. The maximum absolute atomic E-state index is 11.7. The highest BCUT2D eigenvalue weighted by atomic mass is 32.1. The lowest BCUT2D eigenvalue weighted by Gasteiger charge is -2.03. The standard InChI is InChI=1S/C16H14N2O3S/c19-15(20-10-12-4-2-1-3-5-12)7-6-14-17-18-16(21-14)13-8-9-22-11-13/h1-5,8-9,11H,6-7,10H2. The summed E-state index contributed by atoms with van der Waals surface area (Å²) in [6.07, 6.45) is 0.600. The molecule has 112 valence electrons. The highest BCUT2D eigenvalue weighted by Gasteiger charge is 2.11. The van der Waals surface area contributed by atoms with Crippen LogP contribution in [0, 0.1) is 0 Å². The third kappa shape index (κ3) is 3.79. The molecule has 6 heteroatoms. The molecule has 5 nitrogen and oxygen atoms in total. The molecule has 0 bridgehead atoms. The van der Waals surface area contributed by atoms with Crippen molar-refractivity contribution in [2.75, 3.05) is 0 Å². The molecular formula is C16H14N2O3S.